The zero-order valence-corrected chi connectivity index (χ0v) is 18.4. The SMILES string of the molecule is O=C1/C(=C/c2ccc(-c3cc(C(F)(F)F)cc(C(F)(F)F)c3)o2)SC(=S)N1C1CCNCC1. The molecular weight excluding hydrogens is 490 g/mol. The number of hydrogen-bond donors (Lipinski definition) is 1. The molecule has 1 aromatic heterocycles. The molecule has 12 heteroatoms. The van der Waals surface area contributed by atoms with Crippen LogP contribution in [0.1, 0.15) is 29.7 Å². The molecule has 4 rings (SSSR count). The van der Waals surface area contributed by atoms with Crippen molar-refractivity contribution in [2.75, 3.05) is 13.1 Å². The fourth-order valence-electron chi connectivity index (χ4n) is 3.67. The van der Waals surface area contributed by atoms with Crippen molar-refractivity contribution in [2.45, 2.75) is 31.2 Å². The lowest BCUT2D eigenvalue weighted by molar-refractivity contribution is -0.143. The second-order valence-electron chi connectivity index (χ2n) is 7.53. The largest absolute Gasteiger partial charge is 0.457 e. The van der Waals surface area contributed by atoms with Crippen LogP contribution in [0.2, 0.25) is 0 Å². The minimum Gasteiger partial charge on any atom is -0.457 e. The highest BCUT2D eigenvalue weighted by atomic mass is 32.2. The van der Waals surface area contributed by atoms with Crippen molar-refractivity contribution in [1.29, 1.82) is 0 Å². The summed E-state index contributed by atoms with van der Waals surface area (Å²) >= 11 is 6.41. The van der Waals surface area contributed by atoms with Gasteiger partial charge in [-0.2, -0.15) is 26.3 Å². The van der Waals surface area contributed by atoms with E-state index in [2.05, 4.69) is 5.32 Å². The summed E-state index contributed by atoms with van der Waals surface area (Å²) < 4.78 is 84.7. The van der Waals surface area contributed by atoms with Crippen LogP contribution < -0.4 is 5.32 Å². The molecule has 0 saturated carbocycles. The number of thiocarbonyl (C=S) groups is 1. The smallest absolute Gasteiger partial charge is 0.416 e. The van der Waals surface area contributed by atoms with E-state index < -0.39 is 23.5 Å². The molecule has 1 aromatic carbocycles. The van der Waals surface area contributed by atoms with Gasteiger partial charge >= 0.3 is 12.4 Å². The maximum Gasteiger partial charge on any atom is 0.416 e. The lowest BCUT2D eigenvalue weighted by Crippen LogP contribution is -2.45. The van der Waals surface area contributed by atoms with E-state index in [1.54, 1.807) is 4.90 Å². The van der Waals surface area contributed by atoms with E-state index in [1.165, 1.54) is 18.2 Å². The summed E-state index contributed by atoms with van der Waals surface area (Å²) in [6.07, 6.45) is -7.03. The summed E-state index contributed by atoms with van der Waals surface area (Å²) in [5.41, 5.74) is -3.25. The second kappa shape index (κ2) is 8.80. The van der Waals surface area contributed by atoms with Gasteiger partial charge in [-0.05, 0) is 56.3 Å². The van der Waals surface area contributed by atoms with Crippen LogP contribution in [0.15, 0.2) is 39.7 Å². The molecule has 4 nitrogen and oxygen atoms in total. The number of carbonyl (C=O) groups excluding carboxylic acids is 1. The highest BCUT2D eigenvalue weighted by Gasteiger charge is 2.38. The number of benzene rings is 1. The van der Waals surface area contributed by atoms with Gasteiger partial charge in [0.25, 0.3) is 5.91 Å². The molecule has 0 unspecified atom stereocenters. The number of nitrogens with one attached hydrogen (secondary N) is 1. The molecule has 0 aliphatic carbocycles. The maximum absolute atomic E-state index is 13.1. The molecule has 2 fully saturated rings. The van der Waals surface area contributed by atoms with Crippen molar-refractivity contribution < 1.29 is 35.6 Å². The molecule has 1 N–H and O–H groups in total. The van der Waals surface area contributed by atoms with E-state index in [0.717, 1.165) is 37.7 Å². The normalized spacial score (nSPS) is 19.7. The number of carbonyl (C=O) groups is 1. The number of amides is 1. The fourth-order valence-corrected chi connectivity index (χ4v) is 5.05. The Labute approximate surface area is 194 Å². The number of piperidine rings is 1. The van der Waals surface area contributed by atoms with Gasteiger partial charge < -0.3 is 9.73 Å². The molecule has 2 aliphatic heterocycles. The van der Waals surface area contributed by atoms with Gasteiger partial charge in [0.05, 0.1) is 16.0 Å². The summed E-state index contributed by atoms with van der Waals surface area (Å²) in [7, 11) is 0. The lowest BCUT2D eigenvalue weighted by atomic mass is 10.0. The van der Waals surface area contributed by atoms with Gasteiger partial charge in [-0.15, -0.1) is 0 Å². The van der Waals surface area contributed by atoms with Gasteiger partial charge in [-0.1, -0.05) is 24.0 Å². The van der Waals surface area contributed by atoms with Crippen LogP contribution in [0.5, 0.6) is 0 Å². The van der Waals surface area contributed by atoms with E-state index in [4.69, 9.17) is 16.6 Å². The van der Waals surface area contributed by atoms with Crippen molar-refractivity contribution in [1.82, 2.24) is 10.2 Å². The highest BCUT2D eigenvalue weighted by Crippen LogP contribution is 2.40. The first kappa shape index (κ1) is 23.8. The Morgan fingerprint density at radius 1 is 1.03 bits per heavy atom. The standard InChI is InChI=1S/C21H16F6N2O2S2/c22-20(23,24)12-7-11(8-13(9-12)21(25,26)27)16-2-1-15(31-16)10-17-18(30)29(19(32)33-17)14-3-5-28-6-4-14/h1-2,7-10,14,28H,3-6H2/b17-10-. The Hall–Kier alpha value is -2.31. The Morgan fingerprint density at radius 3 is 2.21 bits per heavy atom. The van der Waals surface area contributed by atoms with Crippen molar-refractivity contribution in [2.24, 2.45) is 0 Å². The predicted octanol–water partition coefficient (Wildman–Crippen LogP) is 5.94. The molecule has 33 heavy (non-hydrogen) atoms. The Bertz CT molecular complexity index is 1080. The fraction of sp³-hybridized carbons (Fsp3) is 0.333. The van der Waals surface area contributed by atoms with Crippen molar-refractivity contribution in [3.8, 4) is 11.3 Å². The van der Waals surface area contributed by atoms with Crippen molar-refractivity contribution in [3.05, 3.63) is 52.1 Å². The molecule has 0 radical (unpaired) electrons. The predicted molar refractivity (Wildman–Crippen MR) is 115 cm³/mol. The van der Waals surface area contributed by atoms with Crippen LogP contribution in [0.3, 0.4) is 0 Å². The van der Waals surface area contributed by atoms with Crippen molar-refractivity contribution in [3.63, 3.8) is 0 Å². The number of nitrogens with zero attached hydrogens (tertiary/aromatic N) is 1. The van der Waals surface area contributed by atoms with E-state index in [0.29, 0.717) is 16.5 Å². The zero-order chi connectivity index (χ0) is 24.0. The van der Waals surface area contributed by atoms with Gasteiger partial charge in [0.1, 0.15) is 15.8 Å². The Kier molecular flexibility index (Phi) is 6.36. The molecule has 0 bridgehead atoms. The molecule has 176 valence electrons. The minimum atomic E-state index is -4.96. The number of thioether (sulfide) groups is 1. The highest BCUT2D eigenvalue weighted by molar-refractivity contribution is 8.26. The first-order valence-corrected chi connectivity index (χ1v) is 11.0. The molecule has 2 aromatic rings. The van der Waals surface area contributed by atoms with Crippen LogP contribution in [-0.4, -0.2) is 34.3 Å². The number of furan rings is 1. The quantitative estimate of drug-likeness (QED) is 0.317. The lowest BCUT2D eigenvalue weighted by Gasteiger charge is -2.30. The Morgan fingerprint density at radius 2 is 1.64 bits per heavy atom. The second-order valence-corrected chi connectivity index (χ2v) is 9.21. The summed E-state index contributed by atoms with van der Waals surface area (Å²) in [5, 5.41) is 3.21. The zero-order valence-electron chi connectivity index (χ0n) is 16.7. The van der Waals surface area contributed by atoms with Crippen LogP contribution in [0, 0.1) is 0 Å². The van der Waals surface area contributed by atoms with E-state index in [9.17, 15) is 31.1 Å². The summed E-state index contributed by atoms with van der Waals surface area (Å²) in [6.45, 7) is 1.53. The molecule has 1 amide bonds. The number of hydrogen-bond acceptors (Lipinski definition) is 5. The van der Waals surface area contributed by atoms with Gasteiger partial charge in [-0.25, -0.2) is 0 Å². The third-order valence-electron chi connectivity index (χ3n) is 5.27. The van der Waals surface area contributed by atoms with Gasteiger partial charge in [0.2, 0.25) is 0 Å². The van der Waals surface area contributed by atoms with Crippen LogP contribution in [0.4, 0.5) is 26.3 Å². The molecular formula is C21H16F6N2O2S2. The minimum absolute atomic E-state index is 0.0253. The average Bonchev–Trinajstić information content (AvgIpc) is 3.31. The average molecular weight is 506 g/mol. The van der Waals surface area contributed by atoms with Gasteiger partial charge in [-0.3, -0.25) is 9.69 Å². The van der Waals surface area contributed by atoms with E-state index in [1.807, 2.05) is 0 Å². The molecule has 2 aliphatic rings. The summed E-state index contributed by atoms with van der Waals surface area (Å²) in [4.78, 5) is 14.7. The summed E-state index contributed by atoms with van der Waals surface area (Å²) in [5.74, 6) is -0.373. The van der Waals surface area contributed by atoms with E-state index in [-0.39, 0.29) is 40.0 Å². The molecule has 2 saturated heterocycles. The van der Waals surface area contributed by atoms with Crippen LogP contribution >= 0.6 is 24.0 Å². The number of halogens is 6. The van der Waals surface area contributed by atoms with Crippen LogP contribution in [-0.2, 0) is 17.1 Å². The Balaban J connectivity index is 1.63. The summed E-state index contributed by atoms with van der Waals surface area (Å²) in [6, 6.07) is 3.85. The molecule has 0 atom stereocenters. The monoisotopic (exact) mass is 506 g/mol. The van der Waals surface area contributed by atoms with Crippen LogP contribution in [0.25, 0.3) is 17.4 Å². The van der Waals surface area contributed by atoms with Crippen molar-refractivity contribution >= 4 is 40.3 Å². The third-order valence-corrected chi connectivity index (χ3v) is 6.60. The topological polar surface area (TPSA) is 45.5 Å². The number of rotatable bonds is 3. The van der Waals surface area contributed by atoms with E-state index >= 15 is 0 Å². The molecule has 3 heterocycles. The van der Waals surface area contributed by atoms with Gasteiger partial charge in [0.15, 0.2) is 0 Å². The first-order valence-electron chi connectivity index (χ1n) is 9.81. The molecule has 0 spiro atoms. The number of alkyl halides is 6. The third kappa shape index (κ3) is 5.12. The van der Waals surface area contributed by atoms with Gasteiger partial charge in [0, 0.05) is 17.7 Å². The first-order chi connectivity index (χ1) is 15.4. The maximum atomic E-state index is 13.1.